The monoisotopic (exact) mass is 196 g/mol. The molecule has 1 aliphatic heterocycles. The lowest BCUT2D eigenvalue weighted by atomic mass is 10.1. The molecule has 5 nitrogen and oxygen atoms in total. The van der Waals surface area contributed by atoms with E-state index in [4.69, 9.17) is 0 Å². The molecule has 1 atom stereocenters. The lowest BCUT2D eigenvalue weighted by molar-refractivity contribution is -0.137. The molecule has 14 heavy (non-hydrogen) atoms. The highest BCUT2D eigenvalue weighted by molar-refractivity contribution is 6.14. The fourth-order valence-corrected chi connectivity index (χ4v) is 1.76. The van der Waals surface area contributed by atoms with Crippen LogP contribution in [0.1, 0.15) is 26.2 Å². The number of hydrogen-bond acceptors (Lipinski definition) is 3. The van der Waals surface area contributed by atoms with Gasteiger partial charge in [-0.2, -0.15) is 0 Å². The second-order valence-corrected chi connectivity index (χ2v) is 3.87. The summed E-state index contributed by atoms with van der Waals surface area (Å²) in [6.45, 7) is 1.85. The van der Waals surface area contributed by atoms with Crippen molar-refractivity contribution in [2.24, 2.45) is 5.92 Å². The Morgan fingerprint density at radius 3 is 2.50 bits per heavy atom. The Labute approximate surface area is 81.4 Å². The van der Waals surface area contributed by atoms with Crippen LogP contribution in [0.25, 0.3) is 0 Å². The molecule has 0 aromatic carbocycles. The predicted molar refractivity (Wildman–Crippen MR) is 47.2 cm³/mol. The molecular formula is C9H12N2O3. The predicted octanol–water partition coefficient (Wildman–Crippen LogP) is 0.253. The number of amides is 4. The van der Waals surface area contributed by atoms with Crippen LogP contribution in [-0.2, 0) is 9.59 Å². The maximum Gasteiger partial charge on any atom is 0.331 e. The number of barbiturate groups is 1. The first kappa shape index (κ1) is 9.18. The Balaban J connectivity index is 2.12. The number of nitrogens with one attached hydrogen (secondary N) is 1. The van der Waals surface area contributed by atoms with Gasteiger partial charge in [0.1, 0.15) is 6.42 Å². The second-order valence-electron chi connectivity index (χ2n) is 3.87. The fraction of sp³-hybridized carbons (Fsp3) is 0.667. The topological polar surface area (TPSA) is 66.5 Å². The van der Waals surface area contributed by atoms with E-state index < -0.39 is 11.9 Å². The summed E-state index contributed by atoms with van der Waals surface area (Å²) in [5, 5.41) is 2.15. The van der Waals surface area contributed by atoms with Crippen molar-refractivity contribution in [2.45, 2.75) is 32.2 Å². The summed E-state index contributed by atoms with van der Waals surface area (Å²) in [5.41, 5.74) is 0. The largest absolute Gasteiger partial charge is 0.331 e. The first-order valence-electron chi connectivity index (χ1n) is 4.75. The van der Waals surface area contributed by atoms with Gasteiger partial charge >= 0.3 is 6.03 Å². The molecule has 1 heterocycles. The Morgan fingerprint density at radius 1 is 1.36 bits per heavy atom. The minimum absolute atomic E-state index is 0.0735. The fourth-order valence-electron chi connectivity index (χ4n) is 1.76. The summed E-state index contributed by atoms with van der Waals surface area (Å²) in [5.74, 6) is -0.449. The van der Waals surface area contributed by atoms with Crippen LogP contribution in [0.5, 0.6) is 0 Å². The van der Waals surface area contributed by atoms with Crippen molar-refractivity contribution in [2.75, 3.05) is 0 Å². The Bertz CT molecular complexity index is 289. The zero-order valence-electron chi connectivity index (χ0n) is 7.95. The molecule has 2 aliphatic rings. The number of nitrogens with zero attached hydrogens (tertiary/aromatic N) is 1. The molecule has 0 radical (unpaired) electrons. The van der Waals surface area contributed by atoms with Crippen molar-refractivity contribution >= 4 is 17.8 Å². The minimum Gasteiger partial charge on any atom is -0.277 e. The van der Waals surface area contributed by atoms with Crippen LogP contribution in [0.15, 0.2) is 0 Å². The van der Waals surface area contributed by atoms with E-state index in [1.807, 2.05) is 6.92 Å². The van der Waals surface area contributed by atoms with Gasteiger partial charge in [-0.15, -0.1) is 0 Å². The van der Waals surface area contributed by atoms with Gasteiger partial charge in [0.2, 0.25) is 11.8 Å². The van der Waals surface area contributed by atoms with Gasteiger partial charge < -0.3 is 0 Å². The Morgan fingerprint density at radius 2 is 2.00 bits per heavy atom. The smallest absolute Gasteiger partial charge is 0.277 e. The molecule has 76 valence electrons. The highest BCUT2D eigenvalue weighted by Crippen LogP contribution is 2.35. The molecule has 1 saturated carbocycles. The van der Waals surface area contributed by atoms with Crippen molar-refractivity contribution in [3.05, 3.63) is 0 Å². The summed E-state index contributed by atoms with van der Waals surface area (Å²) in [4.78, 5) is 34.8. The molecule has 1 aliphatic carbocycles. The summed E-state index contributed by atoms with van der Waals surface area (Å²) >= 11 is 0. The van der Waals surface area contributed by atoms with Crippen LogP contribution in [0.4, 0.5) is 4.79 Å². The van der Waals surface area contributed by atoms with E-state index >= 15 is 0 Å². The van der Waals surface area contributed by atoms with Crippen molar-refractivity contribution < 1.29 is 14.4 Å². The van der Waals surface area contributed by atoms with Crippen molar-refractivity contribution in [3.63, 3.8) is 0 Å². The number of carbonyl (C=O) groups is 3. The molecular weight excluding hydrogens is 184 g/mol. The summed E-state index contributed by atoms with van der Waals surface area (Å²) in [6.07, 6.45) is 1.92. The Hall–Kier alpha value is -1.39. The first-order chi connectivity index (χ1) is 6.59. The Kier molecular flexibility index (Phi) is 2.02. The molecule has 0 bridgehead atoms. The van der Waals surface area contributed by atoms with Gasteiger partial charge in [-0.25, -0.2) is 4.79 Å². The highest BCUT2D eigenvalue weighted by Gasteiger charge is 2.40. The van der Waals surface area contributed by atoms with E-state index in [1.165, 1.54) is 4.90 Å². The third kappa shape index (κ3) is 1.49. The molecule has 1 unspecified atom stereocenters. The SMILES string of the molecule is CC(C1CC1)N1C(=O)CC(=O)NC1=O. The van der Waals surface area contributed by atoms with E-state index in [-0.39, 0.29) is 18.4 Å². The molecule has 0 aromatic heterocycles. The van der Waals surface area contributed by atoms with E-state index in [9.17, 15) is 14.4 Å². The lowest BCUT2D eigenvalue weighted by Gasteiger charge is -2.30. The second kappa shape index (κ2) is 3.08. The number of rotatable bonds is 2. The molecule has 0 spiro atoms. The summed E-state index contributed by atoms with van der Waals surface area (Å²) < 4.78 is 0. The van der Waals surface area contributed by atoms with Gasteiger partial charge in [0.05, 0.1) is 0 Å². The molecule has 2 rings (SSSR count). The summed E-state index contributed by atoms with van der Waals surface area (Å²) in [6, 6.07) is -0.638. The molecule has 1 N–H and O–H groups in total. The normalized spacial score (nSPS) is 24.9. The molecule has 0 aromatic rings. The third-order valence-electron chi connectivity index (χ3n) is 2.76. The molecule has 4 amide bonds. The molecule has 5 heteroatoms. The minimum atomic E-state index is -0.564. The quantitative estimate of drug-likeness (QED) is 0.644. The van der Waals surface area contributed by atoms with Gasteiger partial charge in [-0.3, -0.25) is 19.8 Å². The van der Waals surface area contributed by atoms with E-state index in [0.717, 1.165) is 12.8 Å². The van der Waals surface area contributed by atoms with Crippen LogP contribution in [-0.4, -0.2) is 28.8 Å². The average molecular weight is 196 g/mol. The third-order valence-corrected chi connectivity index (χ3v) is 2.76. The zero-order valence-corrected chi connectivity index (χ0v) is 7.95. The summed E-state index contributed by atoms with van der Waals surface area (Å²) in [7, 11) is 0. The van der Waals surface area contributed by atoms with Gasteiger partial charge in [0, 0.05) is 6.04 Å². The number of imide groups is 2. The van der Waals surface area contributed by atoms with Gasteiger partial charge in [0.25, 0.3) is 0 Å². The van der Waals surface area contributed by atoms with Crippen molar-refractivity contribution in [1.82, 2.24) is 10.2 Å². The number of hydrogen-bond donors (Lipinski definition) is 1. The van der Waals surface area contributed by atoms with E-state index in [0.29, 0.717) is 5.92 Å². The first-order valence-corrected chi connectivity index (χ1v) is 4.75. The van der Waals surface area contributed by atoms with Gasteiger partial charge in [-0.05, 0) is 25.7 Å². The zero-order chi connectivity index (χ0) is 10.3. The highest BCUT2D eigenvalue weighted by atomic mass is 16.2. The van der Waals surface area contributed by atoms with Crippen LogP contribution in [0.3, 0.4) is 0 Å². The molecule has 2 fully saturated rings. The molecule has 1 saturated heterocycles. The average Bonchev–Trinajstić information content (AvgIpc) is 2.83. The van der Waals surface area contributed by atoms with E-state index in [2.05, 4.69) is 5.32 Å². The number of urea groups is 1. The van der Waals surface area contributed by atoms with Crippen LogP contribution >= 0.6 is 0 Å². The maximum absolute atomic E-state index is 11.4. The van der Waals surface area contributed by atoms with Gasteiger partial charge in [-0.1, -0.05) is 0 Å². The number of carbonyl (C=O) groups excluding carboxylic acids is 3. The standard InChI is InChI=1S/C9H12N2O3/c1-5(6-2-3-6)11-8(13)4-7(12)10-9(11)14/h5-6H,2-4H2,1H3,(H,10,12,14). The van der Waals surface area contributed by atoms with Crippen LogP contribution in [0.2, 0.25) is 0 Å². The van der Waals surface area contributed by atoms with Gasteiger partial charge in [0.15, 0.2) is 0 Å². The van der Waals surface area contributed by atoms with Crippen LogP contribution in [0, 0.1) is 5.92 Å². The van der Waals surface area contributed by atoms with Crippen LogP contribution < -0.4 is 5.32 Å². The van der Waals surface area contributed by atoms with Crippen molar-refractivity contribution in [1.29, 1.82) is 0 Å². The van der Waals surface area contributed by atoms with E-state index in [1.54, 1.807) is 0 Å². The van der Waals surface area contributed by atoms with Crippen molar-refractivity contribution in [3.8, 4) is 0 Å². The maximum atomic E-state index is 11.4. The lowest BCUT2D eigenvalue weighted by Crippen LogP contribution is -2.56.